The van der Waals surface area contributed by atoms with E-state index in [0.717, 1.165) is 5.82 Å². The molecule has 0 radical (unpaired) electrons. The Morgan fingerprint density at radius 2 is 2.25 bits per heavy atom. The van der Waals surface area contributed by atoms with Crippen molar-refractivity contribution in [3.05, 3.63) is 30.1 Å². The van der Waals surface area contributed by atoms with E-state index in [4.69, 9.17) is 5.11 Å². The van der Waals surface area contributed by atoms with E-state index in [-0.39, 0.29) is 24.2 Å². The summed E-state index contributed by atoms with van der Waals surface area (Å²) in [5, 5.41) is 19.5. The molecule has 0 aromatic carbocycles. The number of H-pyrrole nitrogens is 1. The molecule has 2 atom stereocenters. The fourth-order valence-corrected chi connectivity index (χ4v) is 3.24. The summed E-state index contributed by atoms with van der Waals surface area (Å²) in [5.74, 6) is -0.222. The maximum Gasteiger partial charge on any atom is 0.303 e. The molecule has 1 aliphatic rings. The molecular formula is C15H20N6O3. The van der Waals surface area contributed by atoms with Gasteiger partial charge in [0.2, 0.25) is 5.91 Å². The van der Waals surface area contributed by atoms with Crippen LogP contribution < -0.4 is 0 Å². The minimum absolute atomic E-state index is 0.0158. The third-order valence-corrected chi connectivity index (χ3v) is 4.53. The van der Waals surface area contributed by atoms with Gasteiger partial charge in [0.05, 0.1) is 18.3 Å². The van der Waals surface area contributed by atoms with Crippen LogP contribution in [0.25, 0.3) is 0 Å². The third kappa shape index (κ3) is 3.44. The van der Waals surface area contributed by atoms with Crippen LogP contribution in [0.5, 0.6) is 0 Å². The molecule has 3 heterocycles. The van der Waals surface area contributed by atoms with Gasteiger partial charge in [-0.05, 0) is 12.8 Å². The second-order valence-corrected chi connectivity index (χ2v) is 6.08. The fraction of sp³-hybridized carbons (Fsp3) is 0.533. The SMILES string of the molecule is Cc1nccn1CCC(=O)N1C[C@H](CC(=O)O)[C@H](c2cn[nH]n2)C1. The van der Waals surface area contributed by atoms with Crippen LogP contribution in [0.2, 0.25) is 0 Å². The predicted octanol–water partition coefficient (Wildman–Crippen LogP) is 0.417. The van der Waals surface area contributed by atoms with Gasteiger partial charge in [-0.25, -0.2) is 4.98 Å². The summed E-state index contributed by atoms with van der Waals surface area (Å²) >= 11 is 0. The monoisotopic (exact) mass is 332 g/mol. The average Bonchev–Trinajstić information content (AvgIpc) is 3.24. The van der Waals surface area contributed by atoms with Crippen LogP contribution in [0.15, 0.2) is 18.6 Å². The lowest BCUT2D eigenvalue weighted by atomic mass is 9.91. The average molecular weight is 332 g/mol. The zero-order chi connectivity index (χ0) is 17.1. The molecule has 0 spiro atoms. The number of rotatable bonds is 6. The van der Waals surface area contributed by atoms with Crippen LogP contribution >= 0.6 is 0 Å². The molecule has 1 amide bonds. The Morgan fingerprint density at radius 1 is 1.42 bits per heavy atom. The quantitative estimate of drug-likeness (QED) is 0.791. The van der Waals surface area contributed by atoms with Crippen molar-refractivity contribution in [3.8, 4) is 0 Å². The molecule has 0 bridgehead atoms. The summed E-state index contributed by atoms with van der Waals surface area (Å²) in [7, 11) is 0. The topological polar surface area (TPSA) is 117 Å². The Kier molecular flexibility index (Phi) is 4.59. The summed E-state index contributed by atoms with van der Waals surface area (Å²) in [6, 6.07) is 0. The number of carboxylic acids is 1. The van der Waals surface area contributed by atoms with Gasteiger partial charge in [0.15, 0.2) is 0 Å². The highest BCUT2D eigenvalue weighted by atomic mass is 16.4. The number of nitrogens with zero attached hydrogens (tertiary/aromatic N) is 5. The van der Waals surface area contributed by atoms with E-state index >= 15 is 0 Å². The molecular weight excluding hydrogens is 312 g/mol. The zero-order valence-electron chi connectivity index (χ0n) is 13.4. The normalized spacial score (nSPS) is 20.5. The van der Waals surface area contributed by atoms with Crippen LogP contribution in [0, 0.1) is 12.8 Å². The molecule has 1 saturated heterocycles. The number of hydrogen-bond donors (Lipinski definition) is 2. The molecule has 2 N–H and O–H groups in total. The first-order chi connectivity index (χ1) is 11.5. The lowest BCUT2D eigenvalue weighted by molar-refractivity contribution is -0.138. The summed E-state index contributed by atoms with van der Waals surface area (Å²) in [4.78, 5) is 29.5. The summed E-state index contributed by atoms with van der Waals surface area (Å²) in [5.41, 5.74) is 0.710. The Bertz CT molecular complexity index is 711. The Balaban J connectivity index is 1.64. The van der Waals surface area contributed by atoms with Gasteiger partial charge in [-0.1, -0.05) is 0 Å². The Hall–Kier alpha value is -2.71. The number of carbonyl (C=O) groups excluding carboxylic acids is 1. The zero-order valence-corrected chi connectivity index (χ0v) is 13.4. The highest BCUT2D eigenvalue weighted by Crippen LogP contribution is 2.33. The highest BCUT2D eigenvalue weighted by molar-refractivity contribution is 5.77. The number of aryl methyl sites for hydroxylation is 2. The van der Waals surface area contributed by atoms with Gasteiger partial charge in [0.1, 0.15) is 5.82 Å². The van der Waals surface area contributed by atoms with Gasteiger partial charge in [-0.3, -0.25) is 9.59 Å². The number of nitrogens with one attached hydrogen (secondary N) is 1. The summed E-state index contributed by atoms with van der Waals surface area (Å²) in [6.07, 6.45) is 5.53. The molecule has 128 valence electrons. The Labute approximate surface area is 138 Å². The van der Waals surface area contributed by atoms with Crippen molar-refractivity contribution in [2.24, 2.45) is 5.92 Å². The number of aliphatic carboxylic acids is 1. The van der Waals surface area contributed by atoms with E-state index in [1.165, 1.54) is 0 Å². The summed E-state index contributed by atoms with van der Waals surface area (Å²) < 4.78 is 1.93. The number of imidazole rings is 1. The minimum Gasteiger partial charge on any atom is -0.481 e. The number of aromatic nitrogens is 5. The highest BCUT2D eigenvalue weighted by Gasteiger charge is 2.38. The number of aromatic amines is 1. The van der Waals surface area contributed by atoms with E-state index in [2.05, 4.69) is 20.4 Å². The van der Waals surface area contributed by atoms with Gasteiger partial charge in [-0.15, -0.1) is 0 Å². The molecule has 2 aromatic heterocycles. The van der Waals surface area contributed by atoms with Crippen molar-refractivity contribution in [3.63, 3.8) is 0 Å². The number of likely N-dealkylation sites (tertiary alicyclic amines) is 1. The fourth-order valence-electron chi connectivity index (χ4n) is 3.24. The van der Waals surface area contributed by atoms with Crippen LogP contribution in [-0.2, 0) is 16.1 Å². The number of amides is 1. The number of hydrogen-bond acceptors (Lipinski definition) is 5. The first kappa shape index (κ1) is 16.2. The molecule has 9 heteroatoms. The number of carboxylic acid groups (broad SMARTS) is 1. The first-order valence-corrected chi connectivity index (χ1v) is 7.87. The van der Waals surface area contributed by atoms with E-state index in [0.29, 0.717) is 31.7 Å². The lowest BCUT2D eigenvalue weighted by Crippen LogP contribution is -2.30. The van der Waals surface area contributed by atoms with E-state index < -0.39 is 5.97 Å². The molecule has 0 unspecified atom stereocenters. The maximum absolute atomic E-state index is 12.5. The van der Waals surface area contributed by atoms with Crippen molar-refractivity contribution in [1.29, 1.82) is 0 Å². The Morgan fingerprint density at radius 3 is 2.88 bits per heavy atom. The van der Waals surface area contributed by atoms with Crippen molar-refractivity contribution in [1.82, 2.24) is 29.9 Å². The summed E-state index contributed by atoms with van der Waals surface area (Å²) in [6.45, 7) is 3.38. The molecule has 0 aliphatic carbocycles. The van der Waals surface area contributed by atoms with Crippen LogP contribution in [0.1, 0.15) is 30.3 Å². The standard InChI is InChI=1S/C15H20N6O3/c1-10-16-3-5-20(10)4-2-14(22)21-8-11(6-15(23)24)12(9-21)13-7-17-19-18-13/h3,5,7,11-12H,2,4,6,8-9H2,1H3,(H,23,24)(H,17,18,19)/t11-,12+/m0/s1. The van der Waals surface area contributed by atoms with E-state index in [9.17, 15) is 9.59 Å². The van der Waals surface area contributed by atoms with Crippen molar-refractivity contribution < 1.29 is 14.7 Å². The number of carbonyl (C=O) groups is 2. The van der Waals surface area contributed by atoms with Crippen molar-refractivity contribution in [2.45, 2.75) is 32.2 Å². The maximum atomic E-state index is 12.5. The van der Waals surface area contributed by atoms with Gasteiger partial charge < -0.3 is 14.6 Å². The van der Waals surface area contributed by atoms with Gasteiger partial charge >= 0.3 is 5.97 Å². The van der Waals surface area contributed by atoms with E-state index in [1.807, 2.05) is 17.7 Å². The van der Waals surface area contributed by atoms with Crippen LogP contribution in [0.3, 0.4) is 0 Å². The predicted molar refractivity (Wildman–Crippen MR) is 83.0 cm³/mol. The smallest absolute Gasteiger partial charge is 0.303 e. The molecule has 0 saturated carbocycles. The van der Waals surface area contributed by atoms with Gasteiger partial charge in [-0.2, -0.15) is 15.4 Å². The first-order valence-electron chi connectivity index (χ1n) is 7.87. The second-order valence-electron chi connectivity index (χ2n) is 6.08. The van der Waals surface area contributed by atoms with Gasteiger partial charge in [0.25, 0.3) is 0 Å². The largest absolute Gasteiger partial charge is 0.481 e. The van der Waals surface area contributed by atoms with Crippen LogP contribution in [0.4, 0.5) is 0 Å². The third-order valence-electron chi connectivity index (χ3n) is 4.53. The van der Waals surface area contributed by atoms with Gasteiger partial charge in [0, 0.05) is 44.4 Å². The molecule has 2 aromatic rings. The lowest BCUT2D eigenvalue weighted by Gasteiger charge is -2.16. The molecule has 24 heavy (non-hydrogen) atoms. The minimum atomic E-state index is -0.864. The molecule has 3 rings (SSSR count). The van der Waals surface area contributed by atoms with Crippen molar-refractivity contribution in [2.75, 3.05) is 13.1 Å². The van der Waals surface area contributed by atoms with Crippen molar-refractivity contribution >= 4 is 11.9 Å². The second kappa shape index (κ2) is 6.81. The van der Waals surface area contributed by atoms with E-state index in [1.54, 1.807) is 17.3 Å². The molecule has 1 aliphatic heterocycles. The molecule has 1 fully saturated rings. The molecule has 9 nitrogen and oxygen atoms in total. The van der Waals surface area contributed by atoms with Crippen LogP contribution in [-0.4, -0.2) is 59.9 Å².